The molecule has 0 saturated carbocycles. The lowest BCUT2D eigenvalue weighted by Crippen LogP contribution is -2.41. The van der Waals surface area contributed by atoms with Crippen LogP contribution in [-0.2, 0) is 0 Å². The molecule has 2 aromatic heterocycles. The van der Waals surface area contributed by atoms with E-state index in [0.717, 1.165) is 15.9 Å². The number of nitrogens with one attached hydrogen (secondary N) is 2. The van der Waals surface area contributed by atoms with Crippen molar-refractivity contribution in [2.45, 2.75) is 26.9 Å². The van der Waals surface area contributed by atoms with Crippen molar-refractivity contribution in [1.82, 2.24) is 20.6 Å². The lowest BCUT2D eigenvalue weighted by atomic mass is 10.2. The highest BCUT2D eigenvalue weighted by Gasteiger charge is 2.18. The zero-order chi connectivity index (χ0) is 24.4. The summed E-state index contributed by atoms with van der Waals surface area (Å²) in [5, 5.41) is 5.29. The summed E-state index contributed by atoms with van der Waals surface area (Å²) in [7, 11) is 1.49. The van der Waals surface area contributed by atoms with Crippen LogP contribution in [0.4, 0.5) is 4.39 Å². The van der Waals surface area contributed by atoms with Crippen molar-refractivity contribution in [2.75, 3.05) is 7.11 Å². The van der Waals surface area contributed by atoms with Gasteiger partial charge >= 0.3 is 0 Å². The summed E-state index contributed by atoms with van der Waals surface area (Å²) in [6.45, 7) is 5.61. The van der Waals surface area contributed by atoms with E-state index in [2.05, 4.69) is 16.0 Å². The van der Waals surface area contributed by atoms with Crippen LogP contribution in [0, 0.1) is 12.7 Å². The van der Waals surface area contributed by atoms with Gasteiger partial charge in [0, 0.05) is 10.9 Å². The van der Waals surface area contributed by atoms with E-state index in [1.54, 1.807) is 41.1 Å². The van der Waals surface area contributed by atoms with E-state index in [-0.39, 0.29) is 11.9 Å². The zero-order valence-electron chi connectivity index (χ0n) is 19.0. The third-order valence-electron chi connectivity index (χ3n) is 4.92. The molecule has 4 aromatic rings. The summed E-state index contributed by atoms with van der Waals surface area (Å²) in [6, 6.07) is 12.4. The van der Waals surface area contributed by atoms with Gasteiger partial charge in [0.2, 0.25) is 0 Å². The van der Waals surface area contributed by atoms with Gasteiger partial charge in [-0.15, -0.1) is 11.3 Å². The number of ether oxygens (including phenoxy) is 2. The number of amides is 2. The fourth-order valence-electron chi connectivity index (χ4n) is 3.32. The van der Waals surface area contributed by atoms with Crippen molar-refractivity contribution in [3.05, 3.63) is 70.5 Å². The Morgan fingerprint density at radius 1 is 1.03 bits per heavy atom. The lowest BCUT2D eigenvalue weighted by Gasteiger charge is -2.14. The highest BCUT2D eigenvalue weighted by Crippen LogP contribution is 2.31. The molecule has 0 aliphatic carbocycles. The zero-order valence-corrected chi connectivity index (χ0v) is 19.8. The summed E-state index contributed by atoms with van der Waals surface area (Å²) in [6.07, 6.45) is -0.0482. The van der Waals surface area contributed by atoms with Crippen LogP contribution in [0.2, 0.25) is 0 Å². The molecule has 0 aliphatic heterocycles. The number of methoxy groups -OCH3 is 1. The second kappa shape index (κ2) is 9.52. The van der Waals surface area contributed by atoms with Gasteiger partial charge in [-0.05, 0) is 69.3 Å². The predicted molar refractivity (Wildman–Crippen MR) is 127 cm³/mol. The summed E-state index contributed by atoms with van der Waals surface area (Å²) in [5.74, 6) is -0.374. The number of carbonyl (C=O) groups excluding carboxylic acids is 2. The van der Waals surface area contributed by atoms with Gasteiger partial charge in [0.1, 0.15) is 10.6 Å². The van der Waals surface area contributed by atoms with Crippen molar-refractivity contribution < 1.29 is 23.5 Å². The van der Waals surface area contributed by atoms with Crippen LogP contribution in [0.3, 0.4) is 0 Å². The van der Waals surface area contributed by atoms with Gasteiger partial charge in [0.15, 0.2) is 11.5 Å². The Morgan fingerprint density at radius 2 is 1.74 bits per heavy atom. The Morgan fingerprint density at radius 3 is 2.41 bits per heavy atom. The average Bonchev–Trinajstić information content (AvgIpc) is 3.38. The first-order valence-corrected chi connectivity index (χ1v) is 11.3. The Balaban J connectivity index is 1.49. The number of rotatable bonds is 6. The molecular formula is C24H23FN4O4S. The molecule has 8 nitrogen and oxygen atoms in total. The molecule has 2 aromatic carbocycles. The molecule has 0 bridgehead atoms. The number of aryl methyl sites for hydroxylation is 1. The van der Waals surface area contributed by atoms with Gasteiger partial charge in [-0.25, -0.2) is 9.07 Å². The molecule has 0 saturated heterocycles. The van der Waals surface area contributed by atoms with E-state index in [0.29, 0.717) is 27.6 Å². The van der Waals surface area contributed by atoms with Crippen molar-refractivity contribution in [3.63, 3.8) is 0 Å². The number of thiophene rings is 1. The molecule has 2 heterocycles. The quantitative estimate of drug-likeness (QED) is 0.397. The fourth-order valence-corrected chi connectivity index (χ4v) is 4.40. The van der Waals surface area contributed by atoms with Gasteiger partial charge in [-0.3, -0.25) is 20.4 Å². The molecule has 176 valence electrons. The predicted octanol–water partition coefficient (Wildman–Crippen LogP) is 4.41. The van der Waals surface area contributed by atoms with Crippen LogP contribution in [0.15, 0.2) is 48.5 Å². The number of hydrogen-bond donors (Lipinski definition) is 2. The highest BCUT2D eigenvalue weighted by atomic mass is 32.1. The topological polar surface area (TPSA) is 94.5 Å². The molecule has 2 N–H and O–H groups in total. The monoisotopic (exact) mass is 482 g/mol. The third kappa shape index (κ3) is 4.72. The van der Waals surface area contributed by atoms with Crippen LogP contribution in [0.25, 0.3) is 15.9 Å². The van der Waals surface area contributed by atoms with Gasteiger partial charge < -0.3 is 9.47 Å². The molecule has 0 fully saturated rings. The Hall–Kier alpha value is -3.92. The SMILES string of the molecule is COc1cc(C(=O)NNC(=O)c2cc3c(C)nn(-c4ccc(F)cc4)c3s2)ccc1OC(C)C. The van der Waals surface area contributed by atoms with Gasteiger partial charge in [-0.2, -0.15) is 5.10 Å². The highest BCUT2D eigenvalue weighted by molar-refractivity contribution is 7.20. The molecule has 0 unspecified atom stereocenters. The minimum Gasteiger partial charge on any atom is -0.493 e. The van der Waals surface area contributed by atoms with Gasteiger partial charge in [-0.1, -0.05) is 0 Å². The Labute approximate surface area is 199 Å². The van der Waals surface area contributed by atoms with E-state index >= 15 is 0 Å². The van der Waals surface area contributed by atoms with Crippen LogP contribution in [0.1, 0.15) is 39.6 Å². The van der Waals surface area contributed by atoms with E-state index in [9.17, 15) is 14.0 Å². The number of aromatic nitrogens is 2. The fraction of sp³-hybridized carbons (Fsp3) is 0.208. The van der Waals surface area contributed by atoms with Crippen molar-refractivity contribution in [1.29, 1.82) is 0 Å². The van der Waals surface area contributed by atoms with Gasteiger partial charge in [0.05, 0.1) is 29.5 Å². The largest absolute Gasteiger partial charge is 0.493 e. The van der Waals surface area contributed by atoms with Crippen molar-refractivity contribution >= 4 is 33.4 Å². The van der Waals surface area contributed by atoms with Crippen LogP contribution in [-0.4, -0.2) is 34.8 Å². The van der Waals surface area contributed by atoms with Crippen LogP contribution >= 0.6 is 11.3 Å². The summed E-state index contributed by atoms with van der Waals surface area (Å²) < 4.78 is 25.9. The number of benzene rings is 2. The first-order valence-electron chi connectivity index (χ1n) is 10.5. The second-order valence-electron chi connectivity index (χ2n) is 7.74. The summed E-state index contributed by atoms with van der Waals surface area (Å²) >= 11 is 1.22. The average molecular weight is 483 g/mol. The Bertz CT molecular complexity index is 1360. The number of halogens is 1. The first kappa shape index (κ1) is 23.2. The molecule has 0 aliphatic rings. The number of carbonyl (C=O) groups is 2. The summed E-state index contributed by atoms with van der Waals surface area (Å²) in [4.78, 5) is 26.4. The molecule has 0 atom stereocenters. The second-order valence-corrected chi connectivity index (χ2v) is 8.77. The van der Waals surface area contributed by atoms with Crippen LogP contribution < -0.4 is 20.3 Å². The number of hydrogen-bond acceptors (Lipinski definition) is 6. The first-order chi connectivity index (χ1) is 16.3. The maximum absolute atomic E-state index is 13.3. The third-order valence-corrected chi connectivity index (χ3v) is 6.03. The van der Waals surface area contributed by atoms with Crippen LogP contribution in [0.5, 0.6) is 11.5 Å². The molecule has 10 heteroatoms. The minimum atomic E-state index is -0.502. The smallest absolute Gasteiger partial charge is 0.279 e. The summed E-state index contributed by atoms with van der Waals surface area (Å²) in [5.41, 5.74) is 6.57. The maximum atomic E-state index is 13.3. The van der Waals surface area contributed by atoms with Crippen molar-refractivity contribution in [2.24, 2.45) is 0 Å². The molecular weight excluding hydrogens is 459 g/mol. The standard InChI is InChI=1S/C24H23FN4O4S/c1-13(2)33-19-10-5-15(11-20(19)32-4)22(30)26-27-23(31)21-12-18-14(3)28-29(24(18)34-21)17-8-6-16(25)7-9-17/h5-13H,1-4H3,(H,26,30)(H,27,31). The Kier molecular flexibility index (Phi) is 6.51. The minimum absolute atomic E-state index is 0.0482. The van der Waals surface area contributed by atoms with E-state index in [1.807, 2.05) is 20.8 Å². The molecule has 2 amide bonds. The van der Waals surface area contributed by atoms with Crippen molar-refractivity contribution in [3.8, 4) is 17.2 Å². The molecule has 4 rings (SSSR count). The van der Waals surface area contributed by atoms with E-state index in [4.69, 9.17) is 9.47 Å². The molecule has 34 heavy (non-hydrogen) atoms. The number of nitrogens with zero attached hydrogens (tertiary/aromatic N) is 2. The van der Waals surface area contributed by atoms with E-state index < -0.39 is 11.8 Å². The number of hydrazine groups is 1. The van der Waals surface area contributed by atoms with Gasteiger partial charge in [0.25, 0.3) is 11.8 Å². The molecule has 0 spiro atoms. The van der Waals surface area contributed by atoms with E-state index in [1.165, 1.54) is 30.6 Å². The molecule has 0 radical (unpaired) electrons. The maximum Gasteiger partial charge on any atom is 0.279 e. The lowest BCUT2D eigenvalue weighted by molar-refractivity contribution is 0.0848. The number of fused-ring (bicyclic) bond motifs is 1. The normalized spacial score (nSPS) is 11.0.